The van der Waals surface area contributed by atoms with E-state index in [2.05, 4.69) is 10.3 Å². The van der Waals surface area contributed by atoms with E-state index in [1.54, 1.807) is 23.5 Å². The molecule has 0 saturated heterocycles. The van der Waals surface area contributed by atoms with E-state index in [0.29, 0.717) is 23.9 Å². The standard InChI is InChI=1S/C14H15ClN2O2S/c1-10-17-11(9-20-10)8-16-14(18)6-7-19-13-5-3-2-4-12(13)15/h2-5,9H,6-8H2,1H3,(H,16,18). The van der Waals surface area contributed by atoms with Crippen molar-refractivity contribution in [1.82, 2.24) is 10.3 Å². The number of aryl methyl sites for hydroxylation is 1. The first kappa shape index (κ1) is 14.8. The average Bonchev–Trinajstić information content (AvgIpc) is 2.84. The number of para-hydroxylation sites is 1. The predicted octanol–water partition coefficient (Wildman–Crippen LogP) is 3.19. The Labute approximate surface area is 126 Å². The summed E-state index contributed by atoms with van der Waals surface area (Å²) in [6, 6.07) is 7.20. The van der Waals surface area contributed by atoms with Crippen LogP contribution in [0.3, 0.4) is 0 Å². The molecule has 0 spiro atoms. The monoisotopic (exact) mass is 310 g/mol. The maximum atomic E-state index is 11.6. The number of thiazole rings is 1. The number of aromatic nitrogens is 1. The zero-order chi connectivity index (χ0) is 14.4. The molecule has 0 saturated carbocycles. The maximum absolute atomic E-state index is 11.6. The van der Waals surface area contributed by atoms with Gasteiger partial charge in [-0.3, -0.25) is 4.79 Å². The number of nitrogens with zero attached hydrogens (tertiary/aromatic N) is 1. The van der Waals surface area contributed by atoms with Gasteiger partial charge in [0.05, 0.1) is 35.3 Å². The topological polar surface area (TPSA) is 51.2 Å². The number of hydrogen-bond donors (Lipinski definition) is 1. The van der Waals surface area contributed by atoms with Crippen molar-refractivity contribution in [3.05, 3.63) is 45.4 Å². The first-order valence-corrected chi connectivity index (χ1v) is 7.46. The lowest BCUT2D eigenvalue weighted by Crippen LogP contribution is -2.24. The normalized spacial score (nSPS) is 10.3. The first-order chi connectivity index (χ1) is 9.65. The van der Waals surface area contributed by atoms with Crippen LogP contribution in [0.4, 0.5) is 0 Å². The molecule has 0 aliphatic heterocycles. The van der Waals surface area contributed by atoms with Crippen LogP contribution in [-0.2, 0) is 11.3 Å². The number of benzene rings is 1. The zero-order valence-corrected chi connectivity index (χ0v) is 12.6. The molecule has 0 atom stereocenters. The summed E-state index contributed by atoms with van der Waals surface area (Å²) in [5.41, 5.74) is 0.882. The largest absolute Gasteiger partial charge is 0.491 e. The molecule has 4 nitrogen and oxygen atoms in total. The first-order valence-electron chi connectivity index (χ1n) is 6.20. The Morgan fingerprint density at radius 1 is 1.45 bits per heavy atom. The molecule has 0 aliphatic rings. The molecule has 1 aromatic heterocycles. The summed E-state index contributed by atoms with van der Waals surface area (Å²) in [5, 5.41) is 6.29. The van der Waals surface area contributed by atoms with Gasteiger partial charge < -0.3 is 10.1 Å². The van der Waals surface area contributed by atoms with Gasteiger partial charge >= 0.3 is 0 Å². The summed E-state index contributed by atoms with van der Waals surface area (Å²) < 4.78 is 5.46. The fourth-order valence-corrected chi connectivity index (χ4v) is 2.39. The number of halogens is 1. The Morgan fingerprint density at radius 2 is 2.25 bits per heavy atom. The van der Waals surface area contributed by atoms with Gasteiger partial charge in [-0.05, 0) is 19.1 Å². The molecule has 0 bridgehead atoms. The van der Waals surface area contributed by atoms with Crippen molar-refractivity contribution < 1.29 is 9.53 Å². The van der Waals surface area contributed by atoms with Gasteiger partial charge in [0.25, 0.3) is 0 Å². The van der Waals surface area contributed by atoms with Crippen molar-refractivity contribution >= 4 is 28.8 Å². The Hall–Kier alpha value is -1.59. The van der Waals surface area contributed by atoms with Gasteiger partial charge in [-0.2, -0.15) is 0 Å². The van der Waals surface area contributed by atoms with Gasteiger partial charge in [0, 0.05) is 5.38 Å². The fraction of sp³-hybridized carbons (Fsp3) is 0.286. The number of nitrogens with one attached hydrogen (secondary N) is 1. The van der Waals surface area contributed by atoms with Crippen molar-refractivity contribution in [2.45, 2.75) is 19.9 Å². The van der Waals surface area contributed by atoms with Crippen molar-refractivity contribution in [2.24, 2.45) is 0 Å². The minimum Gasteiger partial charge on any atom is -0.491 e. The summed E-state index contributed by atoms with van der Waals surface area (Å²) >= 11 is 7.52. The molecule has 1 aromatic carbocycles. The van der Waals surface area contributed by atoms with E-state index in [1.165, 1.54) is 0 Å². The van der Waals surface area contributed by atoms with E-state index in [1.807, 2.05) is 24.4 Å². The summed E-state index contributed by atoms with van der Waals surface area (Å²) in [6.45, 7) is 2.69. The highest BCUT2D eigenvalue weighted by molar-refractivity contribution is 7.09. The molecule has 20 heavy (non-hydrogen) atoms. The highest BCUT2D eigenvalue weighted by Crippen LogP contribution is 2.22. The van der Waals surface area contributed by atoms with Gasteiger partial charge in [0.1, 0.15) is 5.75 Å². The van der Waals surface area contributed by atoms with Crippen molar-refractivity contribution in [1.29, 1.82) is 0 Å². The zero-order valence-electron chi connectivity index (χ0n) is 11.1. The molecular weight excluding hydrogens is 296 g/mol. The number of carbonyl (C=O) groups is 1. The lowest BCUT2D eigenvalue weighted by molar-refractivity contribution is -0.121. The summed E-state index contributed by atoms with van der Waals surface area (Å²) in [7, 11) is 0. The van der Waals surface area contributed by atoms with Crippen LogP contribution in [0, 0.1) is 6.92 Å². The van der Waals surface area contributed by atoms with E-state index in [0.717, 1.165) is 10.7 Å². The van der Waals surface area contributed by atoms with Crippen LogP contribution < -0.4 is 10.1 Å². The average molecular weight is 311 g/mol. The van der Waals surface area contributed by atoms with Crippen LogP contribution in [-0.4, -0.2) is 17.5 Å². The second kappa shape index (κ2) is 7.26. The minimum atomic E-state index is -0.0669. The highest BCUT2D eigenvalue weighted by atomic mass is 35.5. The summed E-state index contributed by atoms with van der Waals surface area (Å²) in [5.74, 6) is 0.528. The molecule has 6 heteroatoms. The van der Waals surface area contributed by atoms with Gasteiger partial charge in [0.15, 0.2) is 0 Å². The van der Waals surface area contributed by atoms with E-state index >= 15 is 0 Å². The number of ether oxygens (including phenoxy) is 1. The number of carbonyl (C=O) groups excluding carboxylic acids is 1. The van der Waals surface area contributed by atoms with E-state index < -0.39 is 0 Å². The predicted molar refractivity (Wildman–Crippen MR) is 80.3 cm³/mol. The molecule has 2 rings (SSSR count). The van der Waals surface area contributed by atoms with Crippen LogP contribution in [0.15, 0.2) is 29.6 Å². The van der Waals surface area contributed by atoms with E-state index in [9.17, 15) is 4.79 Å². The molecule has 0 unspecified atom stereocenters. The fourth-order valence-electron chi connectivity index (χ4n) is 1.58. The van der Waals surface area contributed by atoms with Crippen LogP contribution in [0.25, 0.3) is 0 Å². The van der Waals surface area contributed by atoms with Crippen LogP contribution in [0.2, 0.25) is 5.02 Å². The third-order valence-electron chi connectivity index (χ3n) is 2.56. The smallest absolute Gasteiger partial charge is 0.223 e. The SMILES string of the molecule is Cc1nc(CNC(=O)CCOc2ccccc2Cl)cs1. The minimum absolute atomic E-state index is 0.0669. The summed E-state index contributed by atoms with van der Waals surface area (Å²) in [6.07, 6.45) is 0.286. The Kier molecular flexibility index (Phi) is 5.38. The quantitative estimate of drug-likeness (QED) is 0.891. The Morgan fingerprint density at radius 3 is 2.95 bits per heavy atom. The van der Waals surface area contributed by atoms with Gasteiger partial charge in [-0.25, -0.2) is 4.98 Å². The van der Waals surface area contributed by atoms with Crippen LogP contribution in [0.1, 0.15) is 17.1 Å². The second-order valence-electron chi connectivity index (χ2n) is 4.16. The molecule has 106 valence electrons. The van der Waals surface area contributed by atoms with E-state index in [-0.39, 0.29) is 12.3 Å². The lowest BCUT2D eigenvalue weighted by Gasteiger charge is -2.07. The third-order valence-corrected chi connectivity index (χ3v) is 3.69. The highest BCUT2D eigenvalue weighted by Gasteiger charge is 2.05. The number of hydrogen-bond acceptors (Lipinski definition) is 4. The molecule has 0 fully saturated rings. The molecule has 1 amide bonds. The van der Waals surface area contributed by atoms with Crippen molar-refractivity contribution in [2.75, 3.05) is 6.61 Å². The molecule has 1 heterocycles. The Balaban J connectivity index is 1.69. The third kappa shape index (κ3) is 4.51. The molecule has 0 radical (unpaired) electrons. The molecule has 1 N–H and O–H groups in total. The number of amides is 1. The maximum Gasteiger partial charge on any atom is 0.223 e. The summed E-state index contributed by atoms with van der Waals surface area (Å²) in [4.78, 5) is 15.9. The molecular formula is C14H15ClN2O2S. The lowest BCUT2D eigenvalue weighted by atomic mass is 10.3. The number of rotatable bonds is 6. The second-order valence-corrected chi connectivity index (χ2v) is 5.63. The van der Waals surface area contributed by atoms with Gasteiger partial charge in [-0.15, -0.1) is 11.3 Å². The van der Waals surface area contributed by atoms with Crippen LogP contribution in [0.5, 0.6) is 5.75 Å². The van der Waals surface area contributed by atoms with Crippen molar-refractivity contribution in [3.63, 3.8) is 0 Å². The molecule has 2 aromatic rings. The van der Waals surface area contributed by atoms with Gasteiger partial charge in [-0.1, -0.05) is 23.7 Å². The van der Waals surface area contributed by atoms with Crippen molar-refractivity contribution in [3.8, 4) is 5.75 Å². The Bertz CT molecular complexity index is 586. The van der Waals surface area contributed by atoms with E-state index in [4.69, 9.17) is 16.3 Å². The van der Waals surface area contributed by atoms with Gasteiger partial charge in [0.2, 0.25) is 5.91 Å². The van der Waals surface area contributed by atoms with Crippen LogP contribution >= 0.6 is 22.9 Å². The molecule has 0 aliphatic carbocycles.